The summed E-state index contributed by atoms with van der Waals surface area (Å²) in [5, 5.41) is 3.46. The van der Waals surface area contributed by atoms with Gasteiger partial charge >= 0.3 is 0 Å². The van der Waals surface area contributed by atoms with Crippen LogP contribution in [-0.4, -0.2) is 12.1 Å². The number of benzene rings is 1. The molecule has 0 aliphatic heterocycles. The molecule has 0 radical (unpaired) electrons. The van der Waals surface area contributed by atoms with E-state index in [0.717, 1.165) is 32.4 Å². The van der Waals surface area contributed by atoms with Crippen LogP contribution in [0.3, 0.4) is 0 Å². The Morgan fingerprint density at radius 1 is 1.12 bits per heavy atom. The highest BCUT2D eigenvalue weighted by Crippen LogP contribution is 2.07. The molecule has 0 atom stereocenters. The highest BCUT2D eigenvalue weighted by Gasteiger charge is 2.08. The zero-order valence-corrected chi connectivity index (χ0v) is 11.4. The average molecular weight is 234 g/mol. The van der Waals surface area contributed by atoms with Gasteiger partial charge in [-0.15, -0.1) is 0 Å². The van der Waals surface area contributed by atoms with Crippen LogP contribution in [0, 0.1) is 0 Å². The smallest absolute Gasteiger partial charge is 0.0205 e. The molecule has 0 heterocycles. The lowest BCUT2D eigenvalue weighted by Gasteiger charge is -2.18. The van der Waals surface area contributed by atoms with Crippen molar-refractivity contribution in [1.82, 2.24) is 5.32 Å². The Balaban J connectivity index is 2.18. The molecule has 0 fully saturated rings. The van der Waals surface area contributed by atoms with Gasteiger partial charge in [-0.05, 0) is 50.8 Å². The summed E-state index contributed by atoms with van der Waals surface area (Å²) in [6.45, 7) is 8.33. The Morgan fingerprint density at radius 3 is 2.24 bits per heavy atom. The number of rotatable bonds is 7. The summed E-state index contributed by atoms with van der Waals surface area (Å²) in [4.78, 5) is 0. The predicted molar refractivity (Wildman–Crippen MR) is 75.0 cm³/mol. The third-order valence-electron chi connectivity index (χ3n) is 2.94. The molecule has 3 N–H and O–H groups in total. The first kappa shape index (κ1) is 14.2. The van der Waals surface area contributed by atoms with Crippen molar-refractivity contribution in [2.45, 2.75) is 52.1 Å². The molecular formula is C15H26N2. The van der Waals surface area contributed by atoms with E-state index < -0.39 is 0 Å². The molecule has 2 heteroatoms. The highest BCUT2D eigenvalue weighted by molar-refractivity contribution is 5.22. The molecule has 1 rings (SSSR count). The average Bonchev–Trinajstić information content (AvgIpc) is 2.28. The van der Waals surface area contributed by atoms with Crippen LogP contribution in [0.2, 0.25) is 0 Å². The summed E-state index contributed by atoms with van der Waals surface area (Å²) in [5.74, 6) is 0. The van der Waals surface area contributed by atoms with Crippen molar-refractivity contribution in [3.05, 3.63) is 35.4 Å². The number of nitrogens with one attached hydrogen (secondary N) is 1. The maximum absolute atomic E-state index is 5.93. The molecular weight excluding hydrogens is 208 g/mol. The van der Waals surface area contributed by atoms with Gasteiger partial charge in [-0.1, -0.05) is 31.2 Å². The quantitative estimate of drug-likeness (QED) is 0.712. The molecule has 0 aliphatic carbocycles. The predicted octanol–water partition coefficient (Wildman–Crippen LogP) is 2.86. The largest absolute Gasteiger partial charge is 0.326 e. The van der Waals surface area contributed by atoms with E-state index in [2.05, 4.69) is 50.4 Å². The van der Waals surface area contributed by atoms with E-state index in [1.54, 1.807) is 0 Å². The van der Waals surface area contributed by atoms with Gasteiger partial charge in [0.1, 0.15) is 0 Å². The molecule has 0 saturated heterocycles. The molecule has 0 aromatic heterocycles. The van der Waals surface area contributed by atoms with Crippen molar-refractivity contribution in [3.8, 4) is 0 Å². The number of hydrogen-bond acceptors (Lipinski definition) is 2. The second-order valence-electron chi connectivity index (χ2n) is 5.44. The minimum atomic E-state index is -0.0372. The Morgan fingerprint density at radius 2 is 1.71 bits per heavy atom. The Hall–Kier alpha value is -0.860. The Labute approximate surface area is 106 Å². The van der Waals surface area contributed by atoms with Crippen molar-refractivity contribution < 1.29 is 0 Å². The van der Waals surface area contributed by atoms with Crippen LogP contribution in [0.25, 0.3) is 0 Å². The molecule has 0 aliphatic rings. The van der Waals surface area contributed by atoms with Gasteiger partial charge in [0, 0.05) is 12.1 Å². The van der Waals surface area contributed by atoms with E-state index in [1.165, 1.54) is 11.1 Å². The monoisotopic (exact) mass is 234 g/mol. The zero-order chi connectivity index (χ0) is 12.7. The maximum Gasteiger partial charge on any atom is 0.0205 e. The van der Waals surface area contributed by atoms with Crippen molar-refractivity contribution in [1.29, 1.82) is 0 Å². The lowest BCUT2D eigenvalue weighted by Crippen LogP contribution is -2.32. The molecule has 2 nitrogen and oxygen atoms in total. The number of nitrogens with two attached hydrogens (primary N) is 1. The first-order valence-corrected chi connectivity index (χ1v) is 6.58. The Bertz CT molecular complexity index is 309. The minimum absolute atomic E-state index is 0.0372. The third kappa shape index (κ3) is 6.44. The van der Waals surface area contributed by atoms with Gasteiger partial charge in [0.2, 0.25) is 0 Å². The van der Waals surface area contributed by atoms with Gasteiger partial charge < -0.3 is 11.1 Å². The fourth-order valence-corrected chi connectivity index (χ4v) is 1.79. The van der Waals surface area contributed by atoms with Crippen LogP contribution < -0.4 is 11.1 Å². The van der Waals surface area contributed by atoms with Gasteiger partial charge in [0.25, 0.3) is 0 Å². The summed E-state index contributed by atoms with van der Waals surface area (Å²) in [7, 11) is 0. The van der Waals surface area contributed by atoms with Crippen molar-refractivity contribution >= 4 is 0 Å². The normalized spacial score (nSPS) is 11.8. The molecule has 0 bridgehead atoms. The number of aryl methyl sites for hydroxylation is 1. The fraction of sp³-hybridized carbons (Fsp3) is 0.600. The first-order chi connectivity index (χ1) is 8.01. The van der Waals surface area contributed by atoms with Crippen molar-refractivity contribution in [3.63, 3.8) is 0 Å². The van der Waals surface area contributed by atoms with Crippen molar-refractivity contribution in [2.75, 3.05) is 6.54 Å². The molecule has 0 unspecified atom stereocenters. The zero-order valence-electron chi connectivity index (χ0n) is 11.4. The van der Waals surface area contributed by atoms with E-state index in [0.29, 0.717) is 0 Å². The molecule has 0 amide bonds. The second-order valence-corrected chi connectivity index (χ2v) is 5.44. The van der Waals surface area contributed by atoms with E-state index in [-0.39, 0.29) is 5.54 Å². The molecule has 96 valence electrons. The highest BCUT2D eigenvalue weighted by atomic mass is 14.8. The van der Waals surface area contributed by atoms with Crippen LogP contribution in [0.5, 0.6) is 0 Å². The van der Waals surface area contributed by atoms with Crippen molar-refractivity contribution in [2.24, 2.45) is 5.73 Å². The number of hydrogen-bond donors (Lipinski definition) is 2. The van der Waals surface area contributed by atoms with Gasteiger partial charge in [-0.3, -0.25) is 0 Å². The molecule has 0 spiro atoms. The minimum Gasteiger partial charge on any atom is -0.326 e. The molecule has 1 aromatic carbocycles. The van der Waals surface area contributed by atoms with Crippen LogP contribution in [-0.2, 0) is 13.0 Å². The van der Waals surface area contributed by atoms with E-state index in [1.807, 2.05) is 0 Å². The van der Waals surface area contributed by atoms with Crippen LogP contribution >= 0.6 is 0 Å². The standard InChI is InChI=1S/C15H26N2/c1-4-13-6-8-14(9-7-13)12-17-11-5-10-15(2,3)16/h6-9,17H,4-5,10-12,16H2,1-3H3. The van der Waals surface area contributed by atoms with Crippen LogP contribution in [0.15, 0.2) is 24.3 Å². The van der Waals surface area contributed by atoms with Crippen LogP contribution in [0.4, 0.5) is 0 Å². The first-order valence-electron chi connectivity index (χ1n) is 6.58. The molecule has 0 saturated carbocycles. The maximum atomic E-state index is 5.93. The van der Waals surface area contributed by atoms with Gasteiger partial charge in [0.15, 0.2) is 0 Å². The fourth-order valence-electron chi connectivity index (χ4n) is 1.79. The third-order valence-corrected chi connectivity index (χ3v) is 2.94. The summed E-state index contributed by atoms with van der Waals surface area (Å²) in [6.07, 6.45) is 3.31. The van der Waals surface area contributed by atoms with Gasteiger partial charge in [0.05, 0.1) is 0 Å². The summed E-state index contributed by atoms with van der Waals surface area (Å²) in [5.41, 5.74) is 8.65. The van der Waals surface area contributed by atoms with E-state index >= 15 is 0 Å². The molecule has 1 aromatic rings. The van der Waals surface area contributed by atoms with Crippen LogP contribution in [0.1, 0.15) is 44.7 Å². The Kier molecular flexibility index (Phi) is 5.66. The topological polar surface area (TPSA) is 38.0 Å². The van der Waals surface area contributed by atoms with E-state index in [9.17, 15) is 0 Å². The lowest BCUT2D eigenvalue weighted by molar-refractivity contribution is 0.448. The van der Waals surface area contributed by atoms with Gasteiger partial charge in [-0.25, -0.2) is 0 Å². The summed E-state index contributed by atoms with van der Waals surface area (Å²) in [6, 6.07) is 8.83. The lowest BCUT2D eigenvalue weighted by atomic mass is 10.0. The van der Waals surface area contributed by atoms with Gasteiger partial charge in [-0.2, -0.15) is 0 Å². The molecule has 17 heavy (non-hydrogen) atoms. The van der Waals surface area contributed by atoms with E-state index in [4.69, 9.17) is 5.73 Å². The summed E-state index contributed by atoms with van der Waals surface area (Å²) < 4.78 is 0. The summed E-state index contributed by atoms with van der Waals surface area (Å²) >= 11 is 0. The second kappa shape index (κ2) is 6.77. The SMILES string of the molecule is CCc1ccc(CNCCCC(C)(C)N)cc1.